The number of aliphatic hydroxyl groups is 1. The fraction of sp³-hybridized carbons (Fsp3) is 0.417. The van der Waals surface area contributed by atoms with Crippen LogP contribution in [0.25, 0.3) is 0 Å². The third-order valence-corrected chi connectivity index (χ3v) is 5.61. The Hall–Kier alpha value is -0.710. The standard InChI is InChI=1S/C12H14INO5S/c13-11-2-1-9(5-10(11)12(16)17)20(18,19)14-6-7-3-8(15)4-7/h1-2,5,7-8,14-15H,3-4,6H2,(H,16,17). The molecule has 1 aromatic rings. The molecular weight excluding hydrogens is 397 g/mol. The molecule has 6 nitrogen and oxygen atoms in total. The van der Waals surface area contributed by atoms with Gasteiger partial charge in [0.1, 0.15) is 0 Å². The highest BCUT2D eigenvalue weighted by molar-refractivity contribution is 14.1. The number of carboxylic acids is 1. The minimum absolute atomic E-state index is 0.0347. The number of carbonyl (C=O) groups is 1. The molecule has 1 saturated carbocycles. The summed E-state index contributed by atoms with van der Waals surface area (Å²) in [5.41, 5.74) is -0.0347. The summed E-state index contributed by atoms with van der Waals surface area (Å²) in [7, 11) is -3.72. The molecule has 1 fully saturated rings. The first-order valence-corrected chi connectivity index (χ1v) is 8.56. The van der Waals surface area contributed by atoms with Crippen molar-refractivity contribution in [3.8, 4) is 0 Å². The van der Waals surface area contributed by atoms with Crippen LogP contribution < -0.4 is 4.72 Å². The van der Waals surface area contributed by atoms with E-state index < -0.39 is 16.0 Å². The van der Waals surface area contributed by atoms with Crippen LogP contribution in [0, 0.1) is 9.49 Å². The fourth-order valence-electron chi connectivity index (χ4n) is 2.01. The molecule has 0 aliphatic heterocycles. The molecule has 110 valence electrons. The highest BCUT2D eigenvalue weighted by Gasteiger charge is 2.28. The number of carboxylic acid groups (broad SMARTS) is 1. The molecule has 0 heterocycles. The lowest BCUT2D eigenvalue weighted by Crippen LogP contribution is -2.38. The minimum Gasteiger partial charge on any atom is -0.478 e. The predicted molar refractivity (Wildman–Crippen MR) is 80.0 cm³/mol. The van der Waals surface area contributed by atoms with Gasteiger partial charge in [-0.15, -0.1) is 0 Å². The average Bonchev–Trinajstić information content (AvgIpc) is 2.33. The van der Waals surface area contributed by atoms with Crippen molar-refractivity contribution in [2.75, 3.05) is 6.54 Å². The van der Waals surface area contributed by atoms with Crippen LogP contribution in [-0.4, -0.2) is 37.2 Å². The van der Waals surface area contributed by atoms with E-state index in [9.17, 15) is 13.2 Å². The number of halogens is 1. The highest BCUT2D eigenvalue weighted by atomic mass is 127. The number of aromatic carboxylic acids is 1. The Kier molecular flexibility index (Phi) is 4.67. The van der Waals surface area contributed by atoms with Crippen LogP contribution in [0.1, 0.15) is 23.2 Å². The lowest BCUT2D eigenvalue weighted by molar-refractivity contribution is 0.0453. The molecule has 1 aromatic carbocycles. The van der Waals surface area contributed by atoms with Gasteiger partial charge in [-0.3, -0.25) is 0 Å². The molecule has 1 aliphatic carbocycles. The SMILES string of the molecule is O=C(O)c1cc(S(=O)(=O)NCC2CC(O)C2)ccc1I. The fourth-order valence-corrected chi connectivity index (χ4v) is 3.72. The van der Waals surface area contributed by atoms with E-state index in [1.54, 1.807) is 0 Å². The molecule has 1 aliphatic rings. The Morgan fingerprint density at radius 1 is 1.40 bits per heavy atom. The Morgan fingerprint density at radius 3 is 2.60 bits per heavy atom. The number of hydrogen-bond acceptors (Lipinski definition) is 4. The van der Waals surface area contributed by atoms with Gasteiger partial charge in [0.05, 0.1) is 16.6 Å². The van der Waals surface area contributed by atoms with E-state index >= 15 is 0 Å². The Balaban J connectivity index is 2.12. The largest absolute Gasteiger partial charge is 0.478 e. The summed E-state index contributed by atoms with van der Waals surface area (Å²) < 4.78 is 27.1. The zero-order chi connectivity index (χ0) is 14.9. The maximum absolute atomic E-state index is 12.1. The smallest absolute Gasteiger partial charge is 0.336 e. The monoisotopic (exact) mass is 411 g/mol. The zero-order valence-corrected chi connectivity index (χ0v) is 13.4. The van der Waals surface area contributed by atoms with Gasteiger partial charge in [0, 0.05) is 10.1 Å². The highest BCUT2D eigenvalue weighted by Crippen LogP contribution is 2.26. The second-order valence-electron chi connectivity index (χ2n) is 4.79. The number of aliphatic hydroxyl groups excluding tert-OH is 1. The van der Waals surface area contributed by atoms with Crippen molar-refractivity contribution in [1.29, 1.82) is 0 Å². The third kappa shape index (κ3) is 3.48. The molecule has 8 heteroatoms. The normalized spacial score (nSPS) is 22.3. The first-order chi connectivity index (χ1) is 9.29. The molecule has 0 saturated heterocycles. The second-order valence-corrected chi connectivity index (χ2v) is 7.72. The summed E-state index contributed by atoms with van der Waals surface area (Å²) in [5, 5.41) is 18.2. The molecule has 20 heavy (non-hydrogen) atoms. The van der Waals surface area contributed by atoms with Gasteiger partial charge in [0.25, 0.3) is 0 Å². The topological polar surface area (TPSA) is 104 Å². The van der Waals surface area contributed by atoms with Crippen molar-refractivity contribution in [2.24, 2.45) is 5.92 Å². The number of benzene rings is 1. The molecule has 0 aromatic heterocycles. The second kappa shape index (κ2) is 5.96. The zero-order valence-electron chi connectivity index (χ0n) is 10.4. The first-order valence-electron chi connectivity index (χ1n) is 6.00. The molecule has 0 atom stereocenters. The Labute approximate surface area is 130 Å². The number of nitrogens with one attached hydrogen (secondary N) is 1. The molecule has 0 unspecified atom stereocenters. The van der Waals surface area contributed by atoms with Crippen LogP contribution in [0.15, 0.2) is 23.1 Å². The van der Waals surface area contributed by atoms with E-state index in [1.165, 1.54) is 12.1 Å². The molecule has 0 spiro atoms. The van der Waals surface area contributed by atoms with Crippen LogP contribution in [0.2, 0.25) is 0 Å². The van der Waals surface area contributed by atoms with E-state index in [-0.39, 0.29) is 29.0 Å². The predicted octanol–water partition coefficient (Wildman–Crippen LogP) is 1.04. The van der Waals surface area contributed by atoms with E-state index in [4.69, 9.17) is 10.2 Å². The third-order valence-electron chi connectivity index (χ3n) is 3.25. The van der Waals surface area contributed by atoms with Crippen molar-refractivity contribution in [3.05, 3.63) is 27.3 Å². The summed E-state index contributed by atoms with van der Waals surface area (Å²) >= 11 is 1.85. The molecule has 2 rings (SSSR count). The van der Waals surface area contributed by atoms with Gasteiger partial charge in [-0.25, -0.2) is 17.9 Å². The van der Waals surface area contributed by atoms with Crippen molar-refractivity contribution < 1.29 is 23.4 Å². The van der Waals surface area contributed by atoms with Gasteiger partial charge in [-0.05, 0) is 59.5 Å². The average molecular weight is 411 g/mol. The summed E-state index contributed by atoms with van der Waals surface area (Å²) in [4.78, 5) is 11.0. The summed E-state index contributed by atoms with van der Waals surface area (Å²) in [6.45, 7) is 0.258. The molecule has 0 bridgehead atoms. The maximum atomic E-state index is 12.1. The molecule has 0 radical (unpaired) electrons. The number of hydrogen-bond donors (Lipinski definition) is 3. The van der Waals surface area contributed by atoms with Crippen molar-refractivity contribution in [2.45, 2.75) is 23.8 Å². The van der Waals surface area contributed by atoms with Gasteiger partial charge >= 0.3 is 5.97 Å². The quantitative estimate of drug-likeness (QED) is 0.629. The molecule has 0 amide bonds. The maximum Gasteiger partial charge on any atom is 0.336 e. The Morgan fingerprint density at radius 2 is 2.05 bits per heavy atom. The molecule has 3 N–H and O–H groups in total. The summed E-state index contributed by atoms with van der Waals surface area (Å²) in [5.74, 6) is -1.02. The lowest BCUT2D eigenvalue weighted by Gasteiger charge is -2.31. The Bertz CT molecular complexity index is 625. The number of sulfonamides is 1. The summed E-state index contributed by atoms with van der Waals surface area (Å²) in [6.07, 6.45) is 0.854. The van der Waals surface area contributed by atoms with E-state index in [0.717, 1.165) is 6.07 Å². The van der Waals surface area contributed by atoms with Crippen molar-refractivity contribution >= 4 is 38.6 Å². The van der Waals surface area contributed by atoms with Crippen LogP contribution in [0.4, 0.5) is 0 Å². The van der Waals surface area contributed by atoms with Crippen molar-refractivity contribution in [3.63, 3.8) is 0 Å². The summed E-state index contributed by atoms with van der Waals surface area (Å²) in [6, 6.07) is 4.00. The van der Waals surface area contributed by atoms with Crippen LogP contribution in [0.3, 0.4) is 0 Å². The van der Waals surface area contributed by atoms with E-state index in [1.807, 2.05) is 22.6 Å². The van der Waals surface area contributed by atoms with Gasteiger partial charge in [-0.2, -0.15) is 0 Å². The van der Waals surface area contributed by atoms with Crippen LogP contribution in [0.5, 0.6) is 0 Å². The number of rotatable bonds is 5. The van der Waals surface area contributed by atoms with Crippen LogP contribution in [-0.2, 0) is 10.0 Å². The lowest BCUT2D eigenvalue weighted by atomic mass is 9.83. The van der Waals surface area contributed by atoms with Crippen molar-refractivity contribution in [1.82, 2.24) is 4.72 Å². The molecular formula is C12H14INO5S. The van der Waals surface area contributed by atoms with Gasteiger partial charge in [0.15, 0.2) is 0 Å². The first kappa shape index (κ1) is 15.7. The minimum atomic E-state index is -3.72. The van der Waals surface area contributed by atoms with E-state index in [2.05, 4.69) is 4.72 Å². The van der Waals surface area contributed by atoms with Crippen LogP contribution >= 0.6 is 22.6 Å². The van der Waals surface area contributed by atoms with Gasteiger partial charge in [-0.1, -0.05) is 0 Å². The van der Waals surface area contributed by atoms with Gasteiger partial charge in [0.2, 0.25) is 10.0 Å². The van der Waals surface area contributed by atoms with E-state index in [0.29, 0.717) is 16.4 Å². The van der Waals surface area contributed by atoms with Gasteiger partial charge < -0.3 is 10.2 Å².